The van der Waals surface area contributed by atoms with Crippen molar-refractivity contribution in [3.05, 3.63) is 54.0 Å². The average molecular weight is 442 g/mol. The number of carbonyl (C=O) groups excluding carboxylic acids is 1. The maximum atomic E-state index is 13.0. The molecule has 0 aliphatic carbocycles. The van der Waals surface area contributed by atoms with Gasteiger partial charge in [-0.15, -0.1) is 0 Å². The number of carbonyl (C=O) groups is 1. The predicted molar refractivity (Wildman–Crippen MR) is 109 cm³/mol. The lowest BCUT2D eigenvalue weighted by Gasteiger charge is -2.16. The Labute approximate surface area is 180 Å². The molecular formula is C21H17F3N6O2. The summed E-state index contributed by atoms with van der Waals surface area (Å²) in [5, 5.41) is 12.3. The lowest BCUT2D eigenvalue weighted by Crippen LogP contribution is -2.31. The lowest BCUT2D eigenvalue weighted by atomic mass is 10.2. The Morgan fingerprint density at radius 2 is 2.00 bits per heavy atom. The van der Waals surface area contributed by atoms with E-state index in [-0.39, 0.29) is 23.6 Å². The SMILES string of the molecule is N#CCCCn1c(CN2C(=O)/C(=N/OCC(F)(F)F)c3cccnc32)nc2ccccc21. The van der Waals surface area contributed by atoms with E-state index >= 15 is 0 Å². The van der Waals surface area contributed by atoms with E-state index < -0.39 is 18.7 Å². The summed E-state index contributed by atoms with van der Waals surface area (Å²) in [6, 6.07) is 12.7. The molecule has 0 N–H and O–H groups in total. The molecule has 0 unspecified atom stereocenters. The van der Waals surface area contributed by atoms with Crippen molar-refractivity contribution in [2.45, 2.75) is 32.1 Å². The minimum absolute atomic E-state index is 0.0301. The number of aromatic nitrogens is 3. The number of hydrogen-bond acceptors (Lipinski definition) is 6. The monoisotopic (exact) mass is 442 g/mol. The molecule has 3 aromatic rings. The summed E-state index contributed by atoms with van der Waals surface area (Å²) in [5.74, 6) is 0.200. The number of para-hydroxylation sites is 2. The van der Waals surface area contributed by atoms with Crippen molar-refractivity contribution >= 4 is 28.5 Å². The van der Waals surface area contributed by atoms with E-state index in [0.29, 0.717) is 25.2 Å². The zero-order valence-corrected chi connectivity index (χ0v) is 16.7. The Kier molecular flexibility index (Phi) is 5.77. The van der Waals surface area contributed by atoms with Gasteiger partial charge in [-0.1, -0.05) is 17.3 Å². The quantitative estimate of drug-likeness (QED) is 0.412. The number of benzene rings is 1. The number of imidazole rings is 1. The third-order valence-electron chi connectivity index (χ3n) is 4.83. The fourth-order valence-electron chi connectivity index (χ4n) is 3.49. The second-order valence-corrected chi connectivity index (χ2v) is 7.02. The van der Waals surface area contributed by atoms with Gasteiger partial charge in [0, 0.05) is 19.2 Å². The molecule has 11 heteroatoms. The standard InChI is InChI=1S/C21H17F3N6O2/c22-21(23,24)13-32-28-18-14-6-5-10-26-19(14)30(20(18)31)12-17-27-15-7-1-2-8-16(15)29(17)11-4-3-9-25/h1-2,5-8,10H,3-4,11-13H2/b28-18+. The summed E-state index contributed by atoms with van der Waals surface area (Å²) in [7, 11) is 0. The molecule has 0 spiro atoms. The highest BCUT2D eigenvalue weighted by Gasteiger charge is 2.37. The Morgan fingerprint density at radius 3 is 2.78 bits per heavy atom. The van der Waals surface area contributed by atoms with Crippen LogP contribution in [0.1, 0.15) is 24.2 Å². The number of unbranched alkanes of at least 4 members (excludes halogenated alkanes) is 1. The normalized spacial score (nSPS) is 14.8. The van der Waals surface area contributed by atoms with Gasteiger partial charge in [-0.2, -0.15) is 18.4 Å². The van der Waals surface area contributed by atoms with E-state index in [0.717, 1.165) is 11.0 Å². The summed E-state index contributed by atoms with van der Waals surface area (Å²) in [6.07, 6.45) is -2.12. The van der Waals surface area contributed by atoms with Crippen molar-refractivity contribution in [2.75, 3.05) is 11.5 Å². The number of rotatable bonds is 7. The number of aryl methyl sites for hydroxylation is 1. The summed E-state index contributed by atoms with van der Waals surface area (Å²) < 4.78 is 39.2. The van der Waals surface area contributed by atoms with Crippen LogP contribution in [0, 0.1) is 11.3 Å². The fraction of sp³-hybridized carbons (Fsp3) is 0.286. The number of anilines is 1. The molecule has 164 valence electrons. The van der Waals surface area contributed by atoms with Crippen LogP contribution in [0.5, 0.6) is 0 Å². The second kappa shape index (κ2) is 8.66. The zero-order valence-electron chi connectivity index (χ0n) is 16.7. The number of alkyl halides is 3. The Morgan fingerprint density at radius 1 is 1.19 bits per heavy atom. The molecule has 32 heavy (non-hydrogen) atoms. The van der Waals surface area contributed by atoms with Crippen molar-refractivity contribution in [1.82, 2.24) is 14.5 Å². The molecule has 1 aromatic carbocycles. The lowest BCUT2D eigenvalue weighted by molar-refractivity contribution is -0.173. The summed E-state index contributed by atoms with van der Waals surface area (Å²) in [5.41, 5.74) is 1.63. The molecule has 0 radical (unpaired) electrons. The highest BCUT2D eigenvalue weighted by molar-refractivity contribution is 6.53. The van der Waals surface area contributed by atoms with Crippen LogP contribution in [-0.2, 0) is 22.7 Å². The van der Waals surface area contributed by atoms with Crippen molar-refractivity contribution in [2.24, 2.45) is 5.16 Å². The van der Waals surface area contributed by atoms with Gasteiger partial charge in [0.15, 0.2) is 5.71 Å². The van der Waals surface area contributed by atoms with Gasteiger partial charge in [-0.3, -0.25) is 9.69 Å². The van der Waals surface area contributed by atoms with Crippen molar-refractivity contribution in [1.29, 1.82) is 5.26 Å². The van der Waals surface area contributed by atoms with E-state index in [1.54, 1.807) is 12.1 Å². The van der Waals surface area contributed by atoms with Crippen LogP contribution < -0.4 is 4.90 Å². The molecule has 1 aliphatic heterocycles. The Hall–Kier alpha value is -3.94. The van der Waals surface area contributed by atoms with Crippen molar-refractivity contribution in [3.8, 4) is 6.07 Å². The van der Waals surface area contributed by atoms with Gasteiger partial charge >= 0.3 is 6.18 Å². The zero-order chi connectivity index (χ0) is 22.7. The number of nitriles is 1. The van der Waals surface area contributed by atoms with Crippen molar-refractivity contribution < 1.29 is 22.8 Å². The number of oxime groups is 1. The highest BCUT2D eigenvalue weighted by Crippen LogP contribution is 2.29. The van der Waals surface area contributed by atoms with Gasteiger partial charge in [0.1, 0.15) is 11.6 Å². The summed E-state index contributed by atoms with van der Waals surface area (Å²) in [4.78, 5) is 27.6. The molecule has 3 heterocycles. The number of hydrogen-bond donors (Lipinski definition) is 0. The van der Waals surface area contributed by atoms with E-state index in [9.17, 15) is 18.0 Å². The number of pyridine rings is 1. The number of nitrogens with zero attached hydrogens (tertiary/aromatic N) is 6. The predicted octanol–water partition coefficient (Wildman–Crippen LogP) is 3.56. The van der Waals surface area contributed by atoms with Gasteiger partial charge < -0.3 is 9.40 Å². The Bertz CT molecular complexity index is 1230. The maximum Gasteiger partial charge on any atom is 0.425 e. The molecule has 0 fully saturated rings. The fourth-order valence-corrected chi connectivity index (χ4v) is 3.49. The molecule has 0 saturated heterocycles. The Balaban J connectivity index is 1.67. The molecule has 4 rings (SSSR count). The van der Waals surface area contributed by atoms with Crippen LogP contribution in [0.3, 0.4) is 0 Å². The molecule has 0 atom stereocenters. The number of amides is 1. The largest absolute Gasteiger partial charge is 0.425 e. The first-order chi connectivity index (χ1) is 15.4. The minimum Gasteiger partial charge on any atom is -0.385 e. The first kappa shape index (κ1) is 21.3. The topological polar surface area (TPSA) is 96.4 Å². The first-order valence-corrected chi connectivity index (χ1v) is 9.74. The smallest absolute Gasteiger partial charge is 0.385 e. The average Bonchev–Trinajstić information content (AvgIpc) is 3.24. The van der Waals surface area contributed by atoms with Gasteiger partial charge in [-0.05, 0) is 30.7 Å². The van der Waals surface area contributed by atoms with E-state index in [4.69, 9.17) is 5.26 Å². The van der Waals surface area contributed by atoms with Gasteiger partial charge in [0.2, 0.25) is 6.61 Å². The van der Waals surface area contributed by atoms with Gasteiger partial charge in [0.25, 0.3) is 5.91 Å². The van der Waals surface area contributed by atoms with Gasteiger partial charge in [0.05, 0.1) is 29.2 Å². The first-order valence-electron chi connectivity index (χ1n) is 9.74. The van der Waals surface area contributed by atoms with Crippen LogP contribution in [0.15, 0.2) is 47.8 Å². The van der Waals surface area contributed by atoms with Crippen LogP contribution in [-0.4, -0.2) is 38.9 Å². The van der Waals surface area contributed by atoms with Crippen LogP contribution >= 0.6 is 0 Å². The molecule has 0 saturated carbocycles. The number of fused-ring (bicyclic) bond motifs is 2. The maximum absolute atomic E-state index is 13.0. The van der Waals surface area contributed by atoms with E-state index in [1.807, 2.05) is 28.8 Å². The summed E-state index contributed by atoms with van der Waals surface area (Å²) in [6.45, 7) is -1.05. The second-order valence-electron chi connectivity index (χ2n) is 7.02. The van der Waals surface area contributed by atoms with Gasteiger partial charge in [-0.25, -0.2) is 9.97 Å². The molecule has 1 amide bonds. The van der Waals surface area contributed by atoms with Crippen LogP contribution in [0.2, 0.25) is 0 Å². The molecule has 2 aromatic heterocycles. The molecule has 8 nitrogen and oxygen atoms in total. The van der Waals surface area contributed by atoms with Crippen LogP contribution in [0.25, 0.3) is 11.0 Å². The third-order valence-corrected chi connectivity index (χ3v) is 4.83. The molecule has 0 bridgehead atoms. The van der Waals surface area contributed by atoms with E-state index in [1.165, 1.54) is 11.1 Å². The summed E-state index contributed by atoms with van der Waals surface area (Å²) >= 11 is 0. The van der Waals surface area contributed by atoms with Crippen molar-refractivity contribution in [3.63, 3.8) is 0 Å². The van der Waals surface area contributed by atoms with E-state index in [2.05, 4.69) is 26.0 Å². The highest BCUT2D eigenvalue weighted by atomic mass is 19.4. The number of halogens is 3. The minimum atomic E-state index is -4.57. The van der Waals surface area contributed by atoms with Crippen LogP contribution in [0.4, 0.5) is 19.0 Å². The molecule has 1 aliphatic rings. The molecular weight excluding hydrogens is 425 g/mol. The third kappa shape index (κ3) is 4.25.